The Morgan fingerprint density at radius 1 is 0.949 bits per heavy atom. The lowest BCUT2D eigenvalue weighted by Crippen LogP contribution is -2.49. The first-order valence-corrected chi connectivity index (χ1v) is 13.9. The van der Waals surface area contributed by atoms with Crippen molar-refractivity contribution < 1.29 is 23.5 Å². The van der Waals surface area contributed by atoms with Gasteiger partial charge in [-0.25, -0.2) is 4.79 Å². The summed E-state index contributed by atoms with van der Waals surface area (Å²) in [5.74, 6) is 0.117. The number of hydrogen-bond donors (Lipinski definition) is 1. The van der Waals surface area contributed by atoms with Crippen molar-refractivity contribution in [2.45, 2.75) is 70.6 Å². The van der Waals surface area contributed by atoms with Gasteiger partial charge in [-0.2, -0.15) is 0 Å². The summed E-state index contributed by atoms with van der Waals surface area (Å²) in [5.41, 5.74) is 4.20. The molecule has 1 amide bonds. The van der Waals surface area contributed by atoms with Gasteiger partial charge in [-0.1, -0.05) is 30.3 Å². The van der Waals surface area contributed by atoms with Crippen molar-refractivity contribution in [2.24, 2.45) is 0 Å². The second-order valence-corrected chi connectivity index (χ2v) is 11.1. The molecule has 2 aromatic carbocycles. The van der Waals surface area contributed by atoms with Gasteiger partial charge in [-0.15, -0.1) is 0 Å². The Labute approximate surface area is 226 Å². The quantitative estimate of drug-likeness (QED) is 0.339. The first-order chi connectivity index (χ1) is 18.8. The molecule has 0 atom stereocenters. The normalized spacial score (nSPS) is 16.9. The van der Waals surface area contributed by atoms with Crippen LogP contribution in [0.4, 0.5) is 0 Å². The molecule has 4 aromatic rings. The lowest BCUT2D eigenvalue weighted by Gasteiger charge is -2.39. The van der Waals surface area contributed by atoms with Gasteiger partial charge in [0.1, 0.15) is 16.9 Å². The average molecular weight is 528 g/mol. The number of amides is 1. The fourth-order valence-corrected chi connectivity index (χ4v) is 6.62. The number of likely N-dealkylation sites (tertiary alicyclic amines) is 1. The second-order valence-electron chi connectivity index (χ2n) is 11.1. The van der Waals surface area contributed by atoms with Gasteiger partial charge in [0.25, 0.3) is 0 Å². The summed E-state index contributed by atoms with van der Waals surface area (Å²) in [6.07, 6.45) is 5.37. The van der Waals surface area contributed by atoms with Crippen molar-refractivity contribution in [2.75, 3.05) is 13.1 Å². The molecule has 6 rings (SSSR count). The Morgan fingerprint density at radius 3 is 2.36 bits per heavy atom. The number of aryl methyl sites for hydroxylation is 4. The summed E-state index contributed by atoms with van der Waals surface area (Å²) < 4.78 is 12.0. The van der Waals surface area contributed by atoms with E-state index >= 15 is 0 Å². The maximum Gasteiger partial charge on any atom is 0.339 e. The van der Waals surface area contributed by atoms with Crippen LogP contribution < -0.4 is 5.63 Å². The summed E-state index contributed by atoms with van der Waals surface area (Å²) in [6, 6.07) is 11.4. The molecular weight excluding hydrogens is 494 g/mol. The summed E-state index contributed by atoms with van der Waals surface area (Å²) in [6.45, 7) is 4.61. The Bertz CT molecular complexity index is 1650. The molecule has 0 unspecified atom stereocenters. The van der Waals surface area contributed by atoms with Crippen LogP contribution in [0.15, 0.2) is 50.0 Å². The molecular formula is C32H33NO6. The predicted molar refractivity (Wildman–Crippen MR) is 148 cm³/mol. The lowest BCUT2D eigenvalue weighted by atomic mass is 9.73. The monoisotopic (exact) mass is 527 g/mol. The molecule has 1 saturated heterocycles. The van der Waals surface area contributed by atoms with Crippen molar-refractivity contribution in [3.05, 3.63) is 80.4 Å². The van der Waals surface area contributed by atoms with E-state index < -0.39 is 17.0 Å². The van der Waals surface area contributed by atoms with E-state index in [1.54, 1.807) is 4.90 Å². The van der Waals surface area contributed by atoms with Crippen molar-refractivity contribution >= 4 is 33.8 Å². The number of furan rings is 1. The van der Waals surface area contributed by atoms with E-state index in [4.69, 9.17) is 8.83 Å². The largest absolute Gasteiger partial charge is 0.481 e. The molecule has 2 aliphatic rings. The standard InChI is InChI=1S/C32H33NO6/c1-19-22(12-13-27(34)33-16-14-32(15-17-33,31(36)37)21-8-4-3-5-9-21)30(35)39-28-20(2)29-25(18-24(19)28)23-10-6-7-11-26(23)38-29/h3-5,8-9,18H,6-7,10-17H2,1-2H3,(H,36,37). The highest BCUT2D eigenvalue weighted by Crippen LogP contribution is 2.39. The number of carbonyl (C=O) groups excluding carboxylic acids is 1. The van der Waals surface area contributed by atoms with Crippen LogP contribution in [0.3, 0.4) is 0 Å². The number of carbonyl (C=O) groups is 2. The first-order valence-electron chi connectivity index (χ1n) is 13.9. The summed E-state index contributed by atoms with van der Waals surface area (Å²) in [4.78, 5) is 40.2. The number of piperidine rings is 1. The van der Waals surface area contributed by atoms with Crippen molar-refractivity contribution in [3.63, 3.8) is 0 Å². The zero-order valence-corrected chi connectivity index (χ0v) is 22.5. The first kappa shape index (κ1) is 25.4. The fraction of sp³-hybridized carbons (Fsp3) is 0.406. The molecule has 7 nitrogen and oxygen atoms in total. The zero-order valence-electron chi connectivity index (χ0n) is 22.5. The van der Waals surface area contributed by atoms with Gasteiger partial charge in [0.15, 0.2) is 0 Å². The minimum absolute atomic E-state index is 0.0727. The van der Waals surface area contributed by atoms with Gasteiger partial charge in [0.2, 0.25) is 5.91 Å². The molecule has 2 aromatic heterocycles. The van der Waals surface area contributed by atoms with Crippen LogP contribution in [0.2, 0.25) is 0 Å². The molecule has 0 spiro atoms. The molecule has 202 valence electrons. The van der Waals surface area contributed by atoms with E-state index in [1.165, 1.54) is 5.56 Å². The number of carboxylic acids is 1. The van der Waals surface area contributed by atoms with Crippen LogP contribution in [0.25, 0.3) is 21.9 Å². The molecule has 0 bridgehead atoms. The Kier molecular flexibility index (Phi) is 6.32. The molecule has 1 aliphatic heterocycles. The van der Waals surface area contributed by atoms with Crippen LogP contribution in [-0.4, -0.2) is 35.0 Å². The third-order valence-corrected chi connectivity index (χ3v) is 9.02. The van der Waals surface area contributed by atoms with E-state index in [0.717, 1.165) is 64.5 Å². The van der Waals surface area contributed by atoms with Crippen LogP contribution in [0.1, 0.15) is 65.7 Å². The van der Waals surface area contributed by atoms with Crippen LogP contribution in [0, 0.1) is 13.8 Å². The number of carboxylic acid groups (broad SMARTS) is 1. The molecule has 1 fully saturated rings. The minimum Gasteiger partial charge on any atom is -0.481 e. The van der Waals surface area contributed by atoms with Gasteiger partial charge in [-0.3, -0.25) is 9.59 Å². The number of nitrogens with zero attached hydrogens (tertiary/aromatic N) is 1. The summed E-state index contributed by atoms with van der Waals surface area (Å²) in [7, 11) is 0. The van der Waals surface area contributed by atoms with Crippen LogP contribution in [-0.2, 0) is 34.3 Å². The van der Waals surface area contributed by atoms with E-state index in [-0.39, 0.29) is 18.7 Å². The summed E-state index contributed by atoms with van der Waals surface area (Å²) in [5, 5.41) is 12.0. The Balaban J connectivity index is 1.23. The smallest absolute Gasteiger partial charge is 0.339 e. The molecule has 0 radical (unpaired) electrons. The summed E-state index contributed by atoms with van der Waals surface area (Å²) >= 11 is 0. The van der Waals surface area contributed by atoms with Crippen molar-refractivity contribution in [3.8, 4) is 0 Å². The third-order valence-electron chi connectivity index (χ3n) is 9.02. The molecule has 1 aliphatic carbocycles. The zero-order chi connectivity index (χ0) is 27.3. The highest BCUT2D eigenvalue weighted by Gasteiger charge is 2.43. The second kappa shape index (κ2) is 9.70. The van der Waals surface area contributed by atoms with Crippen LogP contribution >= 0.6 is 0 Å². The maximum atomic E-state index is 13.2. The molecule has 3 heterocycles. The van der Waals surface area contributed by atoms with Crippen LogP contribution in [0.5, 0.6) is 0 Å². The van der Waals surface area contributed by atoms with E-state index in [2.05, 4.69) is 6.07 Å². The number of aliphatic carboxylic acids is 1. The lowest BCUT2D eigenvalue weighted by molar-refractivity contribution is -0.148. The van der Waals surface area contributed by atoms with E-state index in [0.29, 0.717) is 37.1 Å². The van der Waals surface area contributed by atoms with Gasteiger partial charge >= 0.3 is 11.6 Å². The van der Waals surface area contributed by atoms with Gasteiger partial charge < -0.3 is 18.8 Å². The fourth-order valence-electron chi connectivity index (χ4n) is 6.62. The predicted octanol–water partition coefficient (Wildman–Crippen LogP) is 5.61. The van der Waals surface area contributed by atoms with Gasteiger partial charge in [0.05, 0.1) is 5.41 Å². The van der Waals surface area contributed by atoms with E-state index in [1.807, 2.05) is 44.2 Å². The molecule has 7 heteroatoms. The Morgan fingerprint density at radius 2 is 1.64 bits per heavy atom. The highest BCUT2D eigenvalue weighted by atomic mass is 16.4. The van der Waals surface area contributed by atoms with Gasteiger partial charge in [0, 0.05) is 53.4 Å². The number of rotatable bonds is 5. The SMILES string of the molecule is Cc1c(CCC(=O)N2CCC(C(=O)O)(c3ccccc3)CC2)c(=O)oc2c(C)c3oc4c(c3cc12)CCCC4. The third kappa shape index (κ3) is 4.15. The number of fused-ring (bicyclic) bond motifs is 4. The maximum absolute atomic E-state index is 13.2. The molecule has 0 saturated carbocycles. The number of hydrogen-bond acceptors (Lipinski definition) is 5. The molecule has 39 heavy (non-hydrogen) atoms. The highest BCUT2D eigenvalue weighted by molar-refractivity contribution is 6.00. The average Bonchev–Trinajstić information content (AvgIpc) is 3.33. The van der Waals surface area contributed by atoms with Gasteiger partial charge in [-0.05, 0) is 69.6 Å². The number of benzene rings is 2. The minimum atomic E-state index is -0.983. The Hall–Kier alpha value is -3.87. The topological polar surface area (TPSA) is 101 Å². The van der Waals surface area contributed by atoms with E-state index in [9.17, 15) is 19.5 Å². The molecule has 1 N–H and O–H groups in total. The van der Waals surface area contributed by atoms with Crippen molar-refractivity contribution in [1.82, 2.24) is 4.90 Å². The van der Waals surface area contributed by atoms with Crippen molar-refractivity contribution in [1.29, 1.82) is 0 Å².